The predicted octanol–water partition coefficient (Wildman–Crippen LogP) is 3.23. The number of carbonyl (C=O) groups excluding carboxylic acids is 4. The van der Waals surface area contributed by atoms with Gasteiger partial charge in [0, 0.05) is 25.1 Å². The quantitative estimate of drug-likeness (QED) is 0.515. The van der Waals surface area contributed by atoms with E-state index in [0.717, 1.165) is 29.5 Å². The van der Waals surface area contributed by atoms with E-state index in [1.165, 1.54) is 15.2 Å². The van der Waals surface area contributed by atoms with Crippen LogP contribution in [0.25, 0.3) is 10.2 Å². The topological polar surface area (TPSA) is 118 Å². The van der Waals surface area contributed by atoms with E-state index < -0.39 is 18.0 Å². The number of amides is 4. The highest BCUT2D eigenvalue weighted by molar-refractivity contribution is 7.17. The molecule has 184 valence electrons. The molecular weight excluding hydrogens is 480 g/mol. The highest BCUT2D eigenvalue weighted by Gasteiger charge is 2.39. The third kappa shape index (κ3) is 4.11. The average Bonchev–Trinajstić information content (AvgIpc) is 3.45. The highest BCUT2D eigenvalue weighted by Crippen LogP contribution is 2.42. The van der Waals surface area contributed by atoms with Crippen molar-refractivity contribution in [3.63, 3.8) is 0 Å². The van der Waals surface area contributed by atoms with Crippen molar-refractivity contribution in [2.75, 3.05) is 0 Å². The molecule has 6 rings (SSSR count). The molecule has 0 spiro atoms. The van der Waals surface area contributed by atoms with E-state index in [4.69, 9.17) is 4.74 Å². The van der Waals surface area contributed by atoms with Crippen LogP contribution in [0.15, 0.2) is 41.9 Å². The second kappa shape index (κ2) is 9.02. The van der Waals surface area contributed by atoms with E-state index in [2.05, 4.69) is 21.7 Å². The second-order valence-corrected chi connectivity index (χ2v) is 10.3. The van der Waals surface area contributed by atoms with Gasteiger partial charge < -0.3 is 15.0 Å². The van der Waals surface area contributed by atoms with Gasteiger partial charge in [0.2, 0.25) is 11.8 Å². The SMILES string of the molecule is O=C1CCC(N2Cc3ccc(CNC(=O)OC4CC(c5cccc6ncsc56)C4)cc3C2=O)C(=O)N1. The van der Waals surface area contributed by atoms with E-state index in [1.807, 2.05) is 29.8 Å². The Morgan fingerprint density at radius 1 is 1.19 bits per heavy atom. The first-order chi connectivity index (χ1) is 17.5. The molecule has 1 atom stereocenters. The van der Waals surface area contributed by atoms with Gasteiger partial charge in [0.15, 0.2) is 0 Å². The molecule has 0 radical (unpaired) electrons. The normalized spacial score (nSPS) is 23.3. The second-order valence-electron chi connectivity index (χ2n) is 9.49. The first-order valence-corrected chi connectivity index (χ1v) is 12.9. The molecule has 3 heterocycles. The molecule has 1 aliphatic carbocycles. The summed E-state index contributed by atoms with van der Waals surface area (Å²) in [7, 11) is 0. The smallest absolute Gasteiger partial charge is 0.407 e. The lowest BCUT2D eigenvalue weighted by atomic mass is 9.77. The molecule has 10 heteroatoms. The molecule has 1 unspecified atom stereocenters. The molecule has 1 aromatic heterocycles. The summed E-state index contributed by atoms with van der Waals surface area (Å²) in [5.41, 5.74) is 6.25. The molecule has 4 amide bonds. The zero-order valence-electron chi connectivity index (χ0n) is 19.4. The zero-order valence-corrected chi connectivity index (χ0v) is 20.2. The van der Waals surface area contributed by atoms with Crippen molar-refractivity contribution in [3.8, 4) is 0 Å². The molecule has 0 bridgehead atoms. The Balaban J connectivity index is 1.01. The largest absolute Gasteiger partial charge is 0.446 e. The van der Waals surface area contributed by atoms with Crippen LogP contribution in [0.5, 0.6) is 0 Å². The Morgan fingerprint density at radius 3 is 2.89 bits per heavy atom. The number of thiazole rings is 1. The lowest BCUT2D eigenvalue weighted by Crippen LogP contribution is -2.52. The van der Waals surface area contributed by atoms with Crippen LogP contribution < -0.4 is 10.6 Å². The van der Waals surface area contributed by atoms with E-state index >= 15 is 0 Å². The fourth-order valence-corrected chi connectivity index (χ4v) is 6.11. The fourth-order valence-electron chi connectivity index (χ4n) is 5.22. The summed E-state index contributed by atoms with van der Waals surface area (Å²) >= 11 is 1.64. The lowest BCUT2D eigenvalue weighted by molar-refractivity contribution is -0.136. The number of benzene rings is 2. The van der Waals surface area contributed by atoms with Gasteiger partial charge in [0.25, 0.3) is 5.91 Å². The molecule has 1 saturated heterocycles. The molecule has 2 aromatic carbocycles. The van der Waals surface area contributed by atoms with E-state index in [9.17, 15) is 19.2 Å². The number of hydrogen-bond donors (Lipinski definition) is 2. The number of piperidine rings is 1. The maximum absolute atomic E-state index is 13.0. The molecule has 9 nitrogen and oxygen atoms in total. The average molecular weight is 505 g/mol. The number of rotatable bonds is 5. The Labute approximate surface area is 210 Å². The highest BCUT2D eigenvalue weighted by atomic mass is 32.1. The van der Waals surface area contributed by atoms with Gasteiger partial charge in [-0.1, -0.05) is 24.3 Å². The van der Waals surface area contributed by atoms with Crippen LogP contribution in [0.4, 0.5) is 4.79 Å². The summed E-state index contributed by atoms with van der Waals surface area (Å²) < 4.78 is 6.78. The van der Waals surface area contributed by atoms with Crippen molar-refractivity contribution in [3.05, 3.63) is 64.2 Å². The third-order valence-corrected chi connectivity index (χ3v) is 8.12. The van der Waals surface area contributed by atoms with E-state index in [-0.39, 0.29) is 30.9 Å². The Morgan fingerprint density at radius 2 is 2.06 bits per heavy atom. The maximum Gasteiger partial charge on any atom is 0.407 e. The number of hydrogen-bond acceptors (Lipinski definition) is 7. The maximum atomic E-state index is 13.0. The summed E-state index contributed by atoms with van der Waals surface area (Å²) in [5, 5.41) is 5.08. The van der Waals surface area contributed by atoms with E-state index in [0.29, 0.717) is 24.4 Å². The van der Waals surface area contributed by atoms with Crippen LogP contribution in [-0.2, 0) is 27.4 Å². The van der Waals surface area contributed by atoms with Crippen molar-refractivity contribution in [1.82, 2.24) is 20.5 Å². The third-order valence-electron chi connectivity index (χ3n) is 7.22. The Hall–Kier alpha value is -3.79. The number of nitrogens with one attached hydrogen (secondary N) is 2. The van der Waals surface area contributed by atoms with Gasteiger partial charge in [-0.2, -0.15) is 0 Å². The first kappa shape index (κ1) is 22.7. The number of imide groups is 1. The molecule has 3 aliphatic rings. The van der Waals surface area contributed by atoms with Gasteiger partial charge >= 0.3 is 6.09 Å². The van der Waals surface area contributed by atoms with Crippen molar-refractivity contribution < 1.29 is 23.9 Å². The lowest BCUT2D eigenvalue weighted by Gasteiger charge is -2.35. The van der Waals surface area contributed by atoms with Crippen LogP contribution in [-0.4, -0.2) is 45.8 Å². The number of nitrogens with zero attached hydrogens (tertiary/aromatic N) is 2. The minimum absolute atomic E-state index is 0.123. The van der Waals surface area contributed by atoms with Gasteiger partial charge in [-0.15, -0.1) is 11.3 Å². The summed E-state index contributed by atoms with van der Waals surface area (Å²) in [6.45, 7) is 0.558. The Bertz CT molecular complexity index is 1400. The van der Waals surface area contributed by atoms with Gasteiger partial charge in [0.1, 0.15) is 12.1 Å². The predicted molar refractivity (Wildman–Crippen MR) is 131 cm³/mol. The van der Waals surface area contributed by atoms with Crippen LogP contribution in [0.2, 0.25) is 0 Å². The minimum atomic E-state index is -0.645. The molecule has 3 aromatic rings. The van der Waals surface area contributed by atoms with Crippen molar-refractivity contribution in [2.45, 2.75) is 56.8 Å². The van der Waals surface area contributed by atoms with Crippen molar-refractivity contribution in [1.29, 1.82) is 0 Å². The molecule has 2 fully saturated rings. The minimum Gasteiger partial charge on any atom is -0.446 e. The van der Waals surface area contributed by atoms with Crippen LogP contribution in [0.3, 0.4) is 0 Å². The number of fused-ring (bicyclic) bond motifs is 2. The first-order valence-electron chi connectivity index (χ1n) is 12.0. The van der Waals surface area contributed by atoms with Crippen LogP contribution >= 0.6 is 11.3 Å². The fraction of sp³-hybridized carbons (Fsp3) is 0.346. The summed E-state index contributed by atoms with van der Waals surface area (Å²) in [6.07, 6.45) is 1.51. The number of alkyl carbamates (subject to hydrolysis) is 1. The van der Waals surface area contributed by atoms with E-state index in [1.54, 1.807) is 17.4 Å². The van der Waals surface area contributed by atoms with Gasteiger partial charge in [-0.05, 0) is 54.0 Å². The number of carbonyl (C=O) groups is 4. The van der Waals surface area contributed by atoms with Gasteiger partial charge in [-0.25, -0.2) is 9.78 Å². The summed E-state index contributed by atoms with van der Waals surface area (Å²) in [6, 6.07) is 11.0. The van der Waals surface area contributed by atoms with Crippen molar-refractivity contribution in [2.24, 2.45) is 0 Å². The Kier molecular flexibility index (Phi) is 5.67. The molecule has 36 heavy (non-hydrogen) atoms. The molecular formula is C26H24N4O5S. The number of ether oxygens (including phenoxy) is 1. The molecule has 1 saturated carbocycles. The molecule has 2 aliphatic heterocycles. The van der Waals surface area contributed by atoms with Crippen LogP contribution in [0, 0.1) is 0 Å². The monoisotopic (exact) mass is 504 g/mol. The molecule has 2 N–H and O–H groups in total. The standard InChI is InChI=1S/C26H24N4O5S/c31-22-7-6-21(24(32)29-22)30-12-15-5-4-14(8-19(15)25(30)33)11-27-26(34)35-17-9-16(10-17)18-2-1-3-20-23(18)36-13-28-20/h1-5,8,13,16-17,21H,6-7,9-12H2,(H,27,34)(H,29,31,32). The van der Waals surface area contributed by atoms with Crippen LogP contribution in [0.1, 0.15) is 58.6 Å². The zero-order chi connectivity index (χ0) is 24.8. The number of aromatic nitrogens is 1. The summed E-state index contributed by atoms with van der Waals surface area (Å²) in [5.74, 6) is -0.614. The van der Waals surface area contributed by atoms with Gasteiger partial charge in [-0.3, -0.25) is 19.7 Å². The van der Waals surface area contributed by atoms with Gasteiger partial charge in [0.05, 0.1) is 15.7 Å². The summed E-state index contributed by atoms with van der Waals surface area (Å²) in [4.78, 5) is 54.8. The van der Waals surface area contributed by atoms with Crippen molar-refractivity contribution >= 4 is 45.4 Å².